The van der Waals surface area contributed by atoms with Gasteiger partial charge in [-0.25, -0.2) is 4.79 Å². The number of azo groups is 1. The Hall–Kier alpha value is -1.23. The zero-order valence-corrected chi connectivity index (χ0v) is 8.76. The Morgan fingerprint density at radius 2 is 2.40 bits per heavy atom. The average Bonchev–Trinajstić information content (AvgIpc) is 2.68. The van der Waals surface area contributed by atoms with E-state index in [1.165, 1.54) is 6.20 Å². The van der Waals surface area contributed by atoms with E-state index in [1.807, 2.05) is 11.8 Å². The van der Waals surface area contributed by atoms with E-state index in [9.17, 15) is 9.90 Å². The SMILES string of the molecule is CC1CCCCN1C1(C(=O)O)C=CN=N1. The van der Waals surface area contributed by atoms with Crippen LogP contribution in [-0.2, 0) is 4.79 Å². The number of piperidine rings is 1. The molecule has 2 aliphatic heterocycles. The molecule has 1 fully saturated rings. The number of carboxylic acid groups (broad SMARTS) is 1. The van der Waals surface area contributed by atoms with Gasteiger partial charge in [-0.1, -0.05) is 6.42 Å². The highest BCUT2D eigenvalue weighted by molar-refractivity contribution is 5.81. The fourth-order valence-corrected chi connectivity index (χ4v) is 2.29. The first kappa shape index (κ1) is 10.3. The van der Waals surface area contributed by atoms with Gasteiger partial charge in [0, 0.05) is 18.8 Å². The summed E-state index contributed by atoms with van der Waals surface area (Å²) in [4.78, 5) is 13.2. The Labute approximate surface area is 88.5 Å². The van der Waals surface area contributed by atoms with Crippen molar-refractivity contribution < 1.29 is 9.90 Å². The van der Waals surface area contributed by atoms with E-state index in [2.05, 4.69) is 10.2 Å². The molecule has 0 bridgehead atoms. The van der Waals surface area contributed by atoms with E-state index < -0.39 is 11.6 Å². The zero-order chi connectivity index (χ0) is 10.9. The van der Waals surface area contributed by atoms with Gasteiger partial charge in [0.05, 0.1) is 0 Å². The van der Waals surface area contributed by atoms with Gasteiger partial charge in [0.15, 0.2) is 0 Å². The molecular weight excluding hydrogens is 194 g/mol. The Balaban J connectivity index is 2.28. The molecular formula is C10H15N3O2. The van der Waals surface area contributed by atoms with Gasteiger partial charge < -0.3 is 5.11 Å². The van der Waals surface area contributed by atoms with Crippen LogP contribution in [0.3, 0.4) is 0 Å². The van der Waals surface area contributed by atoms with Crippen molar-refractivity contribution in [3.8, 4) is 0 Å². The molecule has 0 amide bonds. The largest absolute Gasteiger partial charge is 0.478 e. The lowest BCUT2D eigenvalue weighted by molar-refractivity contribution is -0.150. The van der Waals surface area contributed by atoms with Crippen molar-refractivity contribution in [2.45, 2.75) is 37.9 Å². The van der Waals surface area contributed by atoms with Gasteiger partial charge in [0.1, 0.15) is 0 Å². The maximum absolute atomic E-state index is 11.3. The number of aliphatic carboxylic acids is 1. The fraction of sp³-hybridized carbons (Fsp3) is 0.700. The molecule has 15 heavy (non-hydrogen) atoms. The lowest BCUT2D eigenvalue weighted by atomic mass is 9.98. The Kier molecular flexibility index (Phi) is 2.56. The average molecular weight is 209 g/mol. The summed E-state index contributed by atoms with van der Waals surface area (Å²) in [5, 5.41) is 16.9. The Morgan fingerprint density at radius 1 is 1.60 bits per heavy atom. The van der Waals surface area contributed by atoms with Gasteiger partial charge >= 0.3 is 5.97 Å². The lowest BCUT2D eigenvalue weighted by Gasteiger charge is -2.40. The van der Waals surface area contributed by atoms with E-state index in [1.54, 1.807) is 6.08 Å². The Bertz CT molecular complexity index is 313. The van der Waals surface area contributed by atoms with Crippen LogP contribution in [0.15, 0.2) is 22.5 Å². The van der Waals surface area contributed by atoms with Crippen LogP contribution in [0.4, 0.5) is 0 Å². The van der Waals surface area contributed by atoms with Crippen LogP contribution in [0.5, 0.6) is 0 Å². The van der Waals surface area contributed by atoms with Crippen molar-refractivity contribution in [3.63, 3.8) is 0 Å². The summed E-state index contributed by atoms with van der Waals surface area (Å²) >= 11 is 0. The second-order valence-electron chi connectivity index (χ2n) is 4.10. The van der Waals surface area contributed by atoms with Gasteiger partial charge in [0.2, 0.25) is 0 Å². The molecule has 0 spiro atoms. The smallest absolute Gasteiger partial charge is 0.353 e. The standard InChI is InChI=1S/C10H15N3O2/c1-8-4-2-3-7-13(8)10(9(14)15)5-6-11-12-10/h5-6,8H,2-4,7H2,1H3,(H,14,15). The van der Waals surface area contributed by atoms with Crippen LogP contribution in [0.25, 0.3) is 0 Å². The predicted octanol–water partition coefficient (Wildman–Crippen LogP) is 1.62. The molecule has 5 heteroatoms. The normalized spacial score (nSPS) is 35.9. The van der Waals surface area contributed by atoms with E-state index in [0.717, 1.165) is 25.8 Å². The summed E-state index contributed by atoms with van der Waals surface area (Å²) < 4.78 is 0. The van der Waals surface area contributed by atoms with Crippen LogP contribution in [0.1, 0.15) is 26.2 Å². The first-order valence-corrected chi connectivity index (χ1v) is 5.27. The van der Waals surface area contributed by atoms with Gasteiger partial charge in [-0.2, -0.15) is 5.11 Å². The summed E-state index contributed by atoms with van der Waals surface area (Å²) in [6.07, 6.45) is 6.25. The third kappa shape index (κ3) is 1.56. The van der Waals surface area contributed by atoms with Crippen LogP contribution < -0.4 is 0 Å². The minimum Gasteiger partial charge on any atom is -0.478 e. The van der Waals surface area contributed by atoms with Crippen molar-refractivity contribution in [2.24, 2.45) is 10.2 Å². The maximum atomic E-state index is 11.3. The summed E-state index contributed by atoms with van der Waals surface area (Å²) in [6.45, 7) is 2.82. The maximum Gasteiger partial charge on any atom is 0.353 e. The minimum absolute atomic E-state index is 0.247. The van der Waals surface area contributed by atoms with Gasteiger partial charge in [-0.05, 0) is 25.8 Å². The van der Waals surface area contributed by atoms with Crippen molar-refractivity contribution >= 4 is 5.97 Å². The van der Waals surface area contributed by atoms with Crippen molar-refractivity contribution in [3.05, 3.63) is 12.3 Å². The highest BCUT2D eigenvalue weighted by atomic mass is 16.4. The third-order valence-electron chi connectivity index (χ3n) is 3.14. The molecule has 2 heterocycles. The minimum atomic E-state index is -1.24. The number of carboxylic acids is 1. The van der Waals surface area contributed by atoms with Crippen LogP contribution in [-0.4, -0.2) is 34.2 Å². The van der Waals surface area contributed by atoms with Crippen molar-refractivity contribution in [1.29, 1.82) is 0 Å². The van der Waals surface area contributed by atoms with Crippen molar-refractivity contribution in [2.75, 3.05) is 6.54 Å². The van der Waals surface area contributed by atoms with E-state index >= 15 is 0 Å². The Morgan fingerprint density at radius 3 is 2.93 bits per heavy atom. The zero-order valence-electron chi connectivity index (χ0n) is 8.76. The molecule has 82 valence electrons. The highest BCUT2D eigenvalue weighted by Crippen LogP contribution is 2.31. The van der Waals surface area contributed by atoms with Crippen LogP contribution in [0.2, 0.25) is 0 Å². The van der Waals surface area contributed by atoms with Gasteiger partial charge in [-0.15, -0.1) is 5.11 Å². The molecule has 0 saturated carbocycles. The molecule has 1 saturated heterocycles. The molecule has 2 atom stereocenters. The molecule has 5 nitrogen and oxygen atoms in total. The van der Waals surface area contributed by atoms with Crippen LogP contribution >= 0.6 is 0 Å². The first-order chi connectivity index (χ1) is 7.17. The van der Waals surface area contributed by atoms with E-state index in [-0.39, 0.29) is 6.04 Å². The molecule has 2 unspecified atom stereocenters. The number of carbonyl (C=O) groups is 1. The van der Waals surface area contributed by atoms with E-state index in [0.29, 0.717) is 0 Å². The molecule has 0 aromatic rings. The molecule has 2 aliphatic rings. The first-order valence-electron chi connectivity index (χ1n) is 5.27. The number of rotatable bonds is 2. The molecule has 1 N–H and O–H groups in total. The highest BCUT2D eigenvalue weighted by Gasteiger charge is 2.47. The van der Waals surface area contributed by atoms with E-state index in [4.69, 9.17) is 0 Å². The molecule has 0 radical (unpaired) electrons. The molecule has 0 aromatic carbocycles. The fourth-order valence-electron chi connectivity index (χ4n) is 2.29. The topological polar surface area (TPSA) is 65.3 Å². The van der Waals surface area contributed by atoms with Gasteiger partial charge in [0.25, 0.3) is 5.66 Å². The summed E-state index contributed by atoms with van der Waals surface area (Å²) in [5.74, 6) is -0.936. The second-order valence-corrected chi connectivity index (χ2v) is 4.10. The predicted molar refractivity (Wildman–Crippen MR) is 54.4 cm³/mol. The molecule has 2 rings (SSSR count). The van der Waals surface area contributed by atoms with Crippen LogP contribution in [0, 0.1) is 0 Å². The van der Waals surface area contributed by atoms with Crippen molar-refractivity contribution in [1.82, 2.24) is 4.90 Å². The lowest BCUT2D eigenvalue weighted by Crippen LogP contribution is -2.56. The quantitative estimate of drug-likeness (QED) is 0.751. The monoisotopic (exact) mass is 209 g/mol. The number of nitrogens with zero attached hydrogens (tertiary/aromatic N) is 3. The molecule has 0 aliphatic carbocycles. The number of hydrogen-bond acceptors (Lipinski definition) is 4. The summed E-state index contributed by atoms with van der Waals surface area (Å²) in [6, 6.07) is 0.247. The third-order valence-corrected chi connectivity index (χ3v) is 3.14. The number of hydrogen-bond donors (Lipinski definition) is 1. The van der Waals surface area contributed by atoms with Gasteiger partial charge in [-0.3, -0.25) is 4.90 Å². The second kappa shape index (κ2) is 3.73. The summed E-state index contributed by atoms with van der Waals surface area (Å²) in [5.41, 5.74) is -1.24. The molecule has 0 aromatic heterocycles. The number of likely N-dealkylation sites (tertiary alicyclic amines) is 1. The summed E-state index contributed by atoms with van der Waals surface area (Å²) in [7, 11) is 0.